The van der Waals surface area contributed by atoms with Crippen LogP contribution in [0.5, 0.6) is 0 Å². The van der Waals surface area contributed by atoms with Gasteiger partial charge in [-0.05, 0) is 55.2 Å². The molecule has 0 bridgehead atoms. The Hall–Kier alpha value is -2.08. The van der Waals surface area contributed by atoms with E-state index in [1.165, 1.54) is 6.08 Å². The van der Waals surface area contributed by atoms with Crippen LogP contribution in [0.3, 0.4) is 0 Å². The molecule has 0 aromatic carbocycles. The number of pyridine rings is 1. The van der Waals surface area contributed by atoms with Crippen LogP contribution >= 0.6 is 11.5 Å². The van der Waals surface area contributed by atoms with Gasteiger partial charge in [0.1, 0.15) is 11.5 Å². The van der Waals surface area contributed by atoms with E-state index in [-0.39, 0.29) is 5.78 Å². The SMILES string of the molecule is CC(C)N(C)c1ccc(C=CC(=O)c2csnn2)cn1. The normalized spacial score (nSPS) is 11.2. The van der Waals surface area contributed by atoms with E-state index in [4.69, 9.17) is 0 Å². The minimum atomic E-state index is -0.151. The lowest BCUT2D eigenvalue weighted by molar-refractivity contribution is 0.104. The van der Waals surface area contributed by atoms with E-state index in [2.05, 4.69) is 33.3 Å². The van der Waals surface area contributed by atoms with Gasteiger partial charge >= 0.3 is 0 Å². The topological polar surface area (TPSA) is 59.0 Å². The highest BCUT2D eigenvalue weighted by Gasteiger charge is 2.06. The molecule has 20 heavy (non-hydrogen) atoms. The number of carbonyl (C=O) groups excluding carboxylic acids is 1. The zero-order chi connectivity index (χ0) is 14.5. The van der Waals surface area contributed by atoms with Gasteiger partial charge in [0.15, 0.2) is 0 Å². The molecule has 2 aromatic heterocycles. The average molecular weight is 288 g/mol. The van der Waals surface area contributed by atoms with Crippen LogP contribution in [0.1, 0.15) is 29.9 Å². The maximum atomic E-state index is 11.7. The minimum absolute atomic E-state index is 0.151. The lowest BCUT2D eigenvalue weighted by atomic mass is 10.2. The van der Waals surface area contributed by atoms with Crippen molar-refractivity contribution in [2.24, 2.45) is 0 Å². The molecule has 104 valence electrons. The minimum Gasteiger partial charge on any atom is -0.357 e. The molecule has 5 nitrogen and oxygen atoms in total. The van der Waals surface area contributed by atoms with E-state index in [0.717, 1.165) is 22.9 Å². The number of nitrogens with zero attached hydrogens (tertiary/aromatic N) is 4. The average Bonchev–Trinajstić information content (AvgIpc) is 2.98. The first-order valence-electron chi connectivity index (χ1n) is 6.26. The second-order valence-electron chi connectivity index (χ2n) is 4.64. The zero-order valence-corrected chi connectivity index (χ0v) is 12.5. The van der Waals surface area contributed by atoms with Crippen molar-refractivity contribution in [1.82, 2.24) is 14.6 Å². The number of rotatable bonds is 5. The Morgan fingerprint density at radius 2 is 2.20 bits per heavy atom. The summed E-state index contributed by atoms with van der Waals surface area (Å²) in [4.78, 5) is 18.2. The van der Waals surface area contributed by atoms with Gasteiger partial charge in [-0.3, -0.25) is 4.79 Å². The Labute approximate surface area is 122 Å². The first-order chi connectivity index (χ1) is 9.58. The quantitative estimate of drug-likeness (QED) is 0.625. The molecule has 0 amide bonds. The van der Waals surface area contributed by atoms with Crippen molar-refractivity contribution in [2.45, 2.75) is 19.9 Å². The number of aromatic nitrogens is 3. The summed E-state index contributed by atoms with van der Waals surface area (Å²) in [6, 6.07) is 4.27. The lowest BCUT2D eigenvalue weighted by Gasteiger charge is -2.22. The van der Waals surface area contributed by atoms with Gasteiger partial charge in [0.25, 0.3) is 0 Å². The highest BCUT2D eigenvalue weighted by Crippen LogP contribution is 2.13. The van der Waals surface area contributed by atoms with E-state index in [9.17, 15) is 4.79 Å². The lowest BCUT2D eigenvalue weighted by Crippen LogP contribution is -2.26. The predicted octanol–water partition coefficient (Wildman–Crippen LogP) is 2.67. The maximum absolute atomic E-state index is 11.7. The summed E-state index contributed by atoms with van der Waals surface area (Å²) in [5.41, 5.74) is 1.25. The largest absolute Gasteiger partial charge is 0.357 e. The monoisotopic (exact) mass is 288 g/mol. The molecule has 0 N–H and O–H groups in total. The second-order valence-corrected chi connectivity index (χ2v) is 5.25. The molecular formula is C14H16N4OS. The molecule has 6 heteroatoms. The van der Waals surface area contributed by atoms with Crippen molar-refractivity contribution >= 4 is 29.2 Å². The molecule has 0 aliphatic rings. The van der Waals surface area contributed by atoms with E-state index in [1.807, 2.05) is 19.2 Å². The van der Waals surface area contributed by atoms with Crippen LogP contribution < -0.4 is 4.90 Å². The van der Waals surface area contributed by atoms with Gasteiger partial charge in [0.05, 0.1) is 0 Å². The van der Waals surface area contributed by atoms with E-state index < -0.39 is 0 Å². The molecule has 2 rings (SSSR count). The molecule has 0 saturated heterocycles. The summed E-state index contributed by atoms with van der Waals surface area (Å²) in [6.45, 7) is 4.21. The van der Waals surface area contributed by atoms with Gasteiger partial charge in [-0.1, -0.05) is 4.49 Å². The van der Waals surface area contributed by atoms with E-state index in [0.29, 0.717) is 11.7 Å². The molecule has 2 heterocycles. The molecule has 0 unspecified atom stereocenters. The Morgan fingerprint density at radius 3 is 2.75 bits per heavy atom. The third-order valence-electron chi connectivity index (χ3n) is 2.95. The van der Waals surface area contributed by atoms with Gasteiger partial charge in [0, 0.05) is 24.7 Å². The molecule has 0 spiro atoms. The van der Waals surface area contributed by atoms with Crippen molar-refractivity contribution in [3.05, 3.63) is 41.0 Å². The molecular weight excluding hydrogens is 272 g/mol. The van der Waals surface area contributed by atoms with Gasteiger partial charge in [-0.25, -0.2) is 4.98 Å². The summed E-state index contributed by atoms with van der Waals surface area (Å²) in [7, 11) is 2.00. The van der Waals surface area contributed by atoms with E-state index in [1.54, 1.807) is 17.7 Å². The summed E-state index contributed by atoms with van der Waals surface area (Å²) >= 11 is 1.16. The van der Waals surface area contributed by atoms with Crippen molar-refractivity contribution in [2.75, 3.05) is 11.9 Å². The smallest absolute Gasteiger partial charge is 0.207 e. The van der Waals surface area contributed by atoms with Crippen LogP contribution in [-0.2, 0) is 0 Å². The van der Waals surface area contributed by atoms with Gasteiger partial charge in [-0.15, -0.1) is 5.10 Å². The number of anilines is 1. The van der Waals surface area contributed by atoms with Crippen molar-refractivity contribution in [1.29, 1.82) is 0 Å². The fourth-order valence-electron chi connectivity index (χ4n) is 1.50. The molecule has 0 aliphatic heterocycles. The van der Waals surface area contributed by atoms with Crippen LogP contribution in [0, 0.1) is 0 Å². The Kier molecular flexibility index (Phi) is 4.57. The second kappa shape index (κ2) is 6.38. The summed E-state index contributed by atoms with van der Waals surface area (Å²) < 4.78 is 3.66. The van der Waals surface area contributed by atoms with Crippen molar-refractivity contribution in [3.63, 3.8) is 0 Å². The van der Waals surface area contributed by atoms with Crippen LogP contribution in [0.15, 0.2) is 29.8 Å². The highest BCUT2D eigenvalue weighted by molar-refractivity contribution is 7.03. The molecule has 0 saturated carbocycles. The Balaban J connectivity index is 2.06. The maximum Gasteiger partial charge on any atom is 0.207 e. The third kappa shape index (κ3) is 3.48. The van der Waals surface area contributed by atoms with Crippen LogP contribution in [0.25, 0.3) is 6.08 Å². The van der Waals surface area contributed by atoms with Gasteiger partial charge in [0.2, 0.25) is 5.78 Å². The Morgan fingerprint density at radius 1 is 1.40 bits per heavy atom. The van der Waals surface area contributed by atoms with Crippen molar-refractivity contribution < 1.29 is 4.79 Å². The number of hydrogen-bond acceptors (Lipinski definition) is 6. The number of allylic oxidation sites excluding steroid dienone is 1. The summed E-state index contributed by atoms with van der Waals surface area (Å²) in [5.74, 6) is 0.759. The molecule has 0 fully saturated rings. The fraction of sp³-hybridized carbons (Fsp3) is 0.286. The van der Waals surface area contributed by atoms with Crippen LogP contribution in [0.2, 0.25) is 0 Å². The molecule has 0 radical (unpaired) electrons. The molecule has 0 atom stereocenters. The van der Waals surface area contributed by atoms with Crippen LogP contribution in [0.4, 0.5) is 5.82 Å². The zero-order valence-electron chi connectivity index (χ0n) is 11.6. The highest BCUT2D eigenvalue weighted by atomic mass is 32.1. The fourth-order valence-corrected chi connectivity index (χ4v) is 1.94. The first-order valence-corrected chi connectivity index (χ1v) is 7.10. The number of ketones is 1. The predicted molar refractivity (Wildman–Crippen MR) is 81.0 cm³/mol. The molecule has 2 aromatic rings. The molecule has 0 aliphatic carbocycles. The summed E-state index contributed by atoms with van der Waals surface area (Å²) in [5, 5.41) is 5.36. The Bertz CT molecular complexity index is 590. The van der Waals surface area contributed by atoms with E-state index >= 15 is 0 Å². The van der Waals surface area contributed by atoms with Crippen LogP contribution in [-0.4, -0.2) is 33.4 Å². The standard InChI is InChI=1S/C14H16N4OS/c1-10(2)18(3)14-7-5-11(8-15-14)4-6-13(19)12-9-20-17-16-12/h4-10H,1-3H3. The number of hydrogen-bond donors (Lipinski definition) is 0. The first kappa shape index (κ1) is 14.3. The van der Waals surface area contributed by atoms with Gasteiger partial charge in [-0.2, -0.15) is 0 Å². The third-order valence-corrected chi connectivity index (χ3v) is 3.45. The van der Waals surface area contributed by atoms with Gasteiger partial charge < -0.3 is 4.90 Å². The number of carbonyl (C=O) groups is 1. The summed E-state index contributed by atoms with van der Waals surface area (Å²) in [6.07, 6.45) is 4.96. The van der Waals surface area contributed by atoms with Crippen molar-refractivity contribution in [3.8, 4) is 0 Å².